The SMILES string of the molecule is Cc1ccc(S(=O)(=O)Nc2ccc(S(=O)(=O)NC(C)C)cc2)c(C)c1. The molecule has 8 heteroatoms. The Morgan fingerprint density at radius 2 is 1.44 bits per heavy atom. The van der Waals surface area contributed by atoms with Gasteiger partial charge in [-0.15, -0.1) is 0 Å². The van der Waals surface area contributed by atoms with E-state index in [1.165, 1.54) is 24.3 Å². The number of hydrogen-bond acceptors (Lipinski definition) is 4. The van der Waals surface area contributed by atoms with Gasteiger partial charge in [0.2, 0.25) is 10.0 Å². The monoisotopic (exact) mass is 382 g/mol. The number of anilines is 1. The Balaban J connectivity index is 2.26. The molecule has 0 fully saturated rings. The highest BCUT2D eigenvalue weighted by molar-refractivity contribution is 7.92. The highest BCUT2D eigenvalue weighted by Crippen LogP contribution is 2.21. The molecule has 2 aromatic carbocycles. The van der Waals surface area contributed by atoms with Gasteiger partial charge in [-0.05, 0) is 63.6 Å². The molecular formula is C17H22N2O4S2. The van der Waals surface area contributed by atoms with Crippen LogP contribution in [0.5, 0.6) is 0 Å². The van der Waals surface area contributed by atoms with E-state index in [0.717, 1.165) is 5.56 Å². The zero-order chi connectivity index (χ0) is 18.8. The topological polar surface area (TPSA) is 92.3 Å². The Morgan fingerprint density at radius 3 is 1.96 bits per heavy atom. The summed E-state index contributed by atoms with van der Waals surface area (Å²) < 4.78 is 54.2. The fourth-order valence-corrected chi connectivity index (χ4v) is 4.93. The fraction of sp³-hybridized carbons (Fsp3) is 0.294. The van der Waals surface area contributed by atoms with Crippen LogP contribution in [-0.2, 0) is 20.0 Å². The van der Waals surface area contributed by atoms with Gasteiger partial charge in [-0.25, -0.2) is 21.6 Å². The summed E-state index contributed by atoms with van der Waals surface area (Å²) in [6.45, 7) is 7.07. The van der Waals surface area contributed by atoms with Crippen LogP contribution >= 0.6 is 0 Å². The van der Waals surface area contributed by atoms with Crippen molar-refractivity contribution in [2.24, 2.45) is 0 Å². The molecule has 0 unspecified atom stereocenters. The van der Waals surface area contributed by atoms with E-state index < -0.39 is 20.0 Å². The molecule has 0 saturated heterocycles. The van der Waals surface area contributed by atoms with E-state index in [1.807, 2.05) is 6.92 Å². The minimum atomic E-state index is -3.74. The zero-order valence-electron chi connectivity index (χ0n) is 14.6. The van der Waals surface area contributed by atoms with Crippen molar-refractivity contribution in [1.82, 2.24) is 4.72 Å². The van der Waals surface area contributed by atoms with Gasteiger partial charge in [0.05, 0.1) is 9.79 Å². The summed E-state index contributed by atoms with van der Waals surface area (Å²) in [6.07, 6.45) is 0. The van der Waals surface area contributed by atoms with E-state index in [4.69, 9.17) is 0 Å². The lowest BCUT2D eigenvalue weighted by Gasteiger charge is -2.12. The maximum Gasteiger partial charge on any atom is 0.262 e. The summed E-state index contributed by atoms with van der Waals surface area (Å²) in [5.41, 5.74) is 1.92. The second-order valence-corrected chi connectivity index (χ2v) is 9.54. The lowest BCUT2D eigenvalue weighted by Crippen LogP contribution is -2.30. The Labute approximate surface area is 149 Å². The van der Waals surface area contributed by atoms with Crippen LogP contribution in [0.4, 0.5) is 5.69 Å². The Bertz CT molecular complexity index is 964. The normalized spacial score (nSPS) is 12.4. The number of sulfonamides is 2. The summed E-state index contributed by atoms with van der Waals surface area (Å²) in [4.78, 5) is 0.270. The van der Waals surface area contributed by atoms with E-state index in [1.54, 1.807) is 39.0 Å². The molecule has 0 aromatic heterocycles. The number of aryl methyl sites for hydroxylation is 2. The lowest BCUT2D eigenvalue weighted by atomic mass is 10.2. The van der Waals surface area contributed by atoms with Gasteiger partial charge in [-0.2, -0.15) is 0 Å². The molecule has 0 amide bonds. The Kier molecular flexibility index (Phi) is 5.55. The highest BCUT2D eigenvalue weighted by Gasteiger charge is 2.18. The molecule has 0 heterocycles. The van der Waals surface area contributed by atoms with Crippen molar-refractivity contribution in [2.75, 3.05) is 4.72 Å². The van der Waals surface area contributed by atoms with Crippen molar-refractivity contribution >= 4 is 25.7 Å². The van der Waals surface area contributed by atoms with Crippen LogP contribution in [-0.4, -0.2) is 22.9 Å². The molecule has 0 radical (unpaired) electrons. The van der Waals surface area contributed by atoms with Gasteiger partial charge in [-0.1, -0.05) is 17.7 Å². The third-order valence-corrected chi connectivity index (χ3v) is 6.64. The first-order chi connectivity index (χ1) is 11.5. The molecule has 0 aliphatic carbocycles. The molecule has 0 aliphatic rings. The molecular weight excluding hydrogens is 360 g/mol. The molecule has 25 heavy (non-hydrogen) atoms. The van der Waals surface area contributed by atoms with Crippen LogP contribution in [0.15, 0.2) is 52.3 Å². The van der Waals surface area contributed by atoms with Crippen LogP contribution in [0.1, 0.15) is 25.0 Å². The second-order valence-electron chi connectivity index (χ2n) is 6.17. The van der Waals surface area contributed by atoms with Gasteiger partial charge in [0, 0.05) is 11.7 Å². The molecule has 0 bridgehead atoms. The van der Waals surface area contributed by atoms with Crippen molar-refractivity contribution in [3.63, 3.8) is 0 Å². The quantitative estimate of drug-likeness (QED) is 0.803. The number of hydrogen-bond donors (Lipinski definition) is 2. The minimum absolute atomic E-state index is 0.0793. The van der Waals surface area contributed by atoms with Gasteiger partial charge in [0.15, 0.2) is 0 Å². The van der Waals surface area contributed by atoms with Crippen molar-refractivity contribution < 1.29 is 16.8 Å². The summed E-state index contributed by atoms with van der Waals surface area (Å²) in [5.74, 6) is 0. The zero-order valence-corrected chi connectivity index (χ0v) is 16.2. The molecule has 136 valence electrons. The van der Waals surface area contributed by atoms with Gasteiger partial charge in [-0.3, -0.25) is 4.72 Å². The first-order valence-corrected chi connectivity index (χ1v) is 10.7. The second kappa shape index (κ2) is 7.15. The largest absolute Gasteiger partial charge is 0.280 e. The van der Waals surface area contributed by atoms with Crippen molar-refractivity contribution in [2.45, 2.75) is 43.5 Å². The molecule has 0 aliphatic heterocycles. The van der Waals surface area contributed by atoms with Crippen LogP contribution in [0.3, 0.4) is 0 Å². The van der Waals surface area contributed by atoms with Crippen LogP contribution in [0.25, 0.3) is 0 Å². The van der Waals surface area contributed by atoms with Crippen LogP contribution < -0.4 is 9.44 Å². The van der Waals surface area contributed by atoms with E-state index in [9.17, 15) is 16.8 Å². The summed E-state index contributed by atoms with van der Waals surface area (Å²) in [7, 11) is -7.35. The first-order valence-electron chi connectivity index (χ1n) is 7.74. The first kappa shape index (κ1) is 19.4. The van der Waals surface area contributed by atoms with E-state index in [0.29, 0.717) is 11.3 Å². The smallest absolute Gasteiger partial charge is 0.262 e. The minimum Gasteiger partial charge on any atom is -0.280 e. The molecule has 0 saturated carbocycles. The Hall–Kier alpha value is -1.90. The summed E-state index contributed by atoms with van der Waals surface area (Å²) in [5, 5.41) is 0. The fourth-order valence-electron chi connectivity index (χ4n) is 2.39. The number of nitrogens with one attached hydrogen (secondary N) is 2. The Morgan fingerprint density at radius 1 is 0.840 bits per heavy atom. The maximum absolute atomic E-state index is 12.5. The maximum atomic E-state index is 12.5. The van der Waals surface area contributed by atoms with Gasteiger partial charge < -0.3 is 0 Å². The summed E-state index contributed by atoms with van der Waals surface area (Å²) >= 11 is 0. The molecule has 0 atom stereocenters. The third kappa shape index (κ3) is 4.81. The molecule has 2 N–H and O–H groups in total. The van der Waals surface area contributed by atoms with Crippen LogP contribution in [0, 0.1) is 13.8 Å². The standard InChI is InChI=1S/C17H22N2O4S2/c1-12(2)18-24(20,21)16-8-6-15(7-9-16)19-25(22,23)17-10-5-13(3)11-14(17)4/h5-12,18-19H,1-4H3. The molecule has 0 spiro atoms. The van der Waals surface area contributed by atoms with Crippen molar-refractivity contribution in [3.05, 3.63) is 53.6 Å². The predicted molar refractivity (Wildman–Crippen MR) is 98.6 cm³/mol. The van der Waals surface area contributed by atoms with Crippen molar-refractivity contribution in [1.29, 1.82) is 0 Å². The van der Waals surface area contributed by atoms with Crippen molar-refractivity contribution in [3.8, 4) is 0 Å². The molecule has 2 aromatic rings. The summed E-state index contributed by atoms with van der Waals surface area (Å²) in [6, 6.07) is 10.4. The molecule has 6 nitrogen and oxygen atoms in total. The lowest BCUT2D eigenvalue weighted by molar-refractivity contribution is 0.570. The van der Waals surface area contributed by atoms with E-state index in [-0.39, 0.29) is 15.8 Å². The van der Waals surface area contributed by atoms with E-state index in [2.05, 4.69) is 9.44 Å². The average molecular weight is 383 g/mol. The van der Waals surface area contributed by atoms with E-state index >= 15 is 0 Å². The van der Waals surface area contributed by atoms with Crippen LogP contribution in [0.2, 0.25) is 0 Å². The molecule has 2 rings (SSSR count). The number of rotatable bonds is 6. The number of benzene rings is 2. The van der Waals surface area contributed by atoms with Gasteiger partial charge in [0.25, 0.3) is 10.0 Å². The van der Waals surface area contributed by atoms with Gasteiger partial charge in [0.1, 0.15) is 0 Å². The third-order valence-electron chi connectivity index (χ3n) is 3.43. The predicted octanol–water partition coefficient (Wildman–Crippen LogP) is 2.79. The van der Waals surface area contributed by atoms with Gasteiger partial charge >= 0.3 is 0 Å². The highest BCUT2D eigenvalue weighted by atomic mass is 32.2. The average Bonchev–Trinajstić information content (AvgIpc) is 2.45.